The Hall–Kier alpha value is -9.68. The summed E-state index contributed by atoms with van der Waals surface area (Å²) in [6.07, 6.45) is 2.49. The lowest BCUT2D eigenvalue weighted by Gasteiger charge is -2.55. The first-order valence-electron chi connectivity index (χ1n) is 25.5. The molecular formula is C59H19F25N6. The first-order chi connectivity index (χ1) is 42.6. The highest BCUT2D eigenvalue weighted by Gasteiger charge is 2.59. The van der Waals surface area contributed by atoms with E-state index in [0.29, 0.717) is 41.3 Å². The normalized spacial score (nSPS) is 18.1. The highest BCUT2D eigenvalue weighted by Crippen LogP contribution is 2.60. The number of nitrogens with zero attached hydrogens (tertiary/aromatic N) is 4. The maximum Gasteiger partial charge on any atom is 0.200 e. The fourth-order valence-corrected chi connectivity index (χ4v) is 11.7. The van der Waals surface area contributed by atoms with Crippen LogP contribution in [-0.4, -0.2) is 45.8 Å². The van der Waals surface area contributed by atoms with Gasteiger partial charge in [-0.15, -0.1) is 0 Å². The molecule has 0 spiro atoms. The molecule has 6 nitrogen and oxygen atoms in total. The molecule has 2 atom stereocenters. The maximum absolute atomic E-state index is 17.1. The highest BCUT2D eigenvalue weighted by molar-refractivity contribution is 6.38. The molecule has 0 radical (unpaired) electrons. The van der Waals surface area contributed by atoms with Gasteiger partial charge in [-0.3, -0.25) is 0 Å². The molecule has 15 rings (SSSR count). The number of aromatic amines is 1. The number of halogens is 25. The van der Waals surface area contributed by atoms with E-state index in [0.717, 1.165) is 0 Å². The van der Waals surface area contributed by atoms with Crippen molar-refractivity contribution in [3.8, 4) is 0 Å². The van der Waals surface area contributed by atoms with E-state index in [2.05, 4.69) is 25.3 Å². The minimum absolute atomic E-state index is 0.00579. The highest BCUT2D eigenvalue weighted by atomic mass is 19.2. The SMILES string of the molecule is CCCCNC1C2=C(c3c(F)c(F)c(F)c(F)c3F)C3=C4C5=C(N=C6C(c7c(F)c(F)c(F)c(F)c7F)=C7C=CC(=N7)C(c7c(F)c(F)c(F)c(F)c7F)=c7ccc([nH]7)=C(c7c(F)c(F)c(F)c(F)c7F)C(=N3)N5C64)C(c3c(F)c(F)c(F)c(F)c3F)=C1C=C2. The van der Waals surface area contributed by atoms with Gasteiger partial charge in [-0.1, -0.05) is 25.5 Å². The van der Waals surface area contributed by atoms with Crippen LogP contribution in [0.15, 0.2) is 90.9 Å². The molecule has 31 heteroatoms. The zero-order valence-corrected chi connectivity index (χ0v) is 43.5. The number of rotatable bonds is 9. The fraction of sp³-hybridized carbons (Fsp3) is 0.102. The number of hydrogen-bond acceptors (Lipinski definition) is 5. The van der Waals surface area contributed by atoms with E-state index in [1.807, 2.05) is 0 Å². The molecular weight excluding hydrogens is 1270 g/mol. The van der Waals surface area contributed by atoms with Crippen LogP contribution in [-0.2, 0) is 0 Å². The summed E-state index contributed by atoms with van der Waals surface area (Å²) in [5, 5.41) is 0.366. The molecule has 5 aromatic carbocycles. The number of aromatic nitrogens is 1. The molecule has 7 aliphatic heterocycles. The van der Waals surface area contributed by atoms with Gasteiger partial charge in [-0.25, -0.2) is 125 Å². The Kier molecular flexibility index (Phi) is 13.5. The monoisotopic (exact) mass is 1290 g/mol. The van der Waals surface area contributed by atoms with E-state index in [4.69, 9.17) is 0 Å². The number of H-pyrrole nitrogens is 1. The number of hydrogen-bond donors (Lipinski definition) is 2. The van der Waals surface area contributed by atoms with Crippen molar-refractivity contribution in [2.24, 2.45) is 15.0 Å². The lowest BCUT2D eigenvalue weighted by atomic mass is 9.73. The summed E-state index contributed by atoms with van der Waals surface area (Å²) in [5.41, 5.74) is -29.6. The second-order valence-corrected chi connectivity index (χ2v) is 20.3. The molecule has 1 saturated heterocycles. The summed E-state index contributed by atoms with van der Waals surface area (Å²) in [6, 6.07) is -3.85. The van der Waals surface area contributed by atoms with Gasteiger partial charge in [0, 0.05) is 33.2 Å². The number of unbranched alkanes of at least 4 members (excludes halogenated alkanes) is 1. The molecule has 1 fully saturated rings. The number of amidine groups is 1. The third-order valence-corrected chi connectivity index (χ3v) is 15.6. The summed E-state index contributed by atoms with van der Waals surface area (Å²) in [7, 11) is 0. The van der Waals surface area contributed by atoms with Crippen molar-refractivity contribution < 1.29 is 110 Å². The molecule has 0 saturated carbocycles. The second kappa shape index (κ2) is 20.4. The predicted molar refractivity (Wildman–Crippen MR) is 264 cm³/mol. The van der Waals surface area contributed by atoms with Gasteiger partial charge >= 0.3 is 0 Å². The van der Waals surface area contributed by atoms with Gasteiger partial charge in [0.25, 0.3) is 0 Å². The van der Waals surface area contributed by atoms with Gasteiger partial charge in [0.1, 0.15) is 11.9 Å². The lowest BCUT2D eigenvalue weighted by Crippen LogP contribution is -2.61. The molecule has 6 aromatic rings. The third kappa shape index (κ3) is 7.72. The average Bonchev–Trinajstić information content (AvgIpc) is 1.01. The van der Waals surface area contributed by atoms with Crippen LogP contribution in [0.25, 0.3) is 27.9 Å². The summed E-state index contributed by atoms with van der Waals surface area (Å²) in [6.45, 7) is 1.15. The minimum atomic E-state index is -2.95. The van der Waals surface area contributed by atoms with Gasteiger partial charge in [0.05, 0.1) is 79.0 Å². The Bertz CT molecular complexity index is 4830. The first kappa shape index (κ1) is 59.3. The molecule has 14 bridgehead atoms. The lowest BCUT2D eigenvalue weighted by molar-refractivity contribution is 0.373. The largest absolute Gasteiger partial charge is 0.354 e. The number of benzene rings is 5. The molecule has 0 amide bonds. The Balaban J connectivity index is 1.34. The predicted octanol–water partition coefficient (Wildman–Crippen LogP) is 13.6. The molecule has 1 aromatic heterocycles. The Labute approximate surface area is 482 Å². The molecule has 460 valence electrons. The third-order valence-electron chi connectivity index (χ3n) is 15.6. The van der Waals surface area contributed by atoms with Gasteiger partial charge < -0.3 is 15.2 Å². The van der Waals surface area contributed by atoms with Gasteiger partial charge in [0.2, 0.25) is 29.1 Å². The van der Waals surface area contributed by atoms with Crippen LogP contribution in [0.4, 0.5) is 110 Å². The number of allylic oxidation sites excluding steroid dienone is 4. The van der Waals surface area contributed by atoms with E-state index in [9.17, 15) is 4.39 Å². The second-order valence-electron chi connectivity index (χ2n) is 20.3. The zero-order valence-electron chi connectivity index (χ0n) is 43.5. The average molecular weight is 1290 g/mol. The Morgan fingerprint density at radius 3 is 1.16 bits per heavy atom. The van der Waals surface area contributed by atoms with Crippen LogP contribution in [0, 0.1) is 145 Å². The van der Waals surface area contributed by atoms with Gasteiger partial charge in [0.15, 0.2) is 116 Å². The van der Waals surface area contributed by atoms with E-state index in [1.54, 1.807) is 6.92 Å². The van der Waals surface area contributed by atoms with Crippen molar-refractivity contribution in [2.45, 2.75) is 31.8 Å². The van der Waals surface area contributed by atoms with Crippen LogP contribution in [0.2, 0.25) is 0 Å². The molecule has 90 heavy (non-hydrogen) atoms. The van der Waals surface area contributed by atoms with Crippen molar-refractivity contribution in [3.63, 3.8) is 0 Å². The quantitative estimate of drug-likeness (QED) is 0.0656. The maximum atomic E-state index is 17.1. The fourth-order valence-electron chi connectivity index (χ4n) is 11.7. The molecule has 2 aliphatic carbocycles. The van der Waals surface area contributed by atoms with Crippen molar-refractivity contribution in [1.29, 1.82) is 0 Å². The standard InChI is InChI=1S/C59H19F25N6/c1-2-3-10-85-53-11-4-5-12(53)18(23-30(62)40(72)49(81)41(73)31(23)63)55-57-27-54(17(11)22-28(60)38(70)48(80)39(71)29(22)61)89-59-21(26-36(68)46(78)52(84)47(79)37(26)69)16-9-7-14(87-16)19(24-32(64)42(74)50(82)43(75)33(24)65)13-6-8-15(86-13)20(56(88-55)58(27)90(57)59)25-34(66)44(76)51(83)45(77)35(25)67/h4-9,53,58,85,87H,2-3,10H2,1H3. The molecule has 2 unspecified atom stereocenters. The summed E-state index contributed by atoms with van der Waals surface area (Å²) >= 11 is 0. The smallest absolute Gasteiger partial charge is 0.200 e. The van der Waals surface area contributed by atoms with Crippen LogP contribution in [0.1, 0.15) is 47.6 Å². The van der Waals surface area contributed by atoms with E-state index >= 15 is 105 Å². The Morgan fingerprint density at radius 1 is 0.389 bits per heavy atom. The Morgan fingerprint density at radius 2 is 0.744 bits per heavy atom. The van der Waals surface area contributed by atoms with Gasteiger partial charge in [-0.2, -0.15) is 0 Å². The van der Waals surface area contributed by atoms with E-state index in [1.165, 1.54) is 0 Å². The summed E-state index contributed by atoms with van der Waals surface area (Å²) in [4.78, 5) is 15.2. The van der Waals surface area contributed by atoms with E-state index < -0.39 is 287 Å². The van der Waals surface area contributed by atoms with Crippen molar-refractivity contribution >= 4 is 45.1 Å². The van der Waals surface area contributed by atoms with Gasteiger partial charge in [-0.05, 0) is 48.4 Å². The van der Waals surface area contributed by atoms with Crippen LogP contribution >= 0.6 is 0 Å². The van der Waals surface area contributed by atoms with Crippen LogP contribution in [0.3, 0.4) is 0 Å². The topological polar surface area (TPSA) is 68.1 Å². The molecule has 2 N–H and O–H groups in total. The van der Waals surface area contributed by atoms with E-state index in [-0.39, 0.29) is 12.8 Å². The number of nitrogens with one attached hydrogen (secondary N) is 2. The first-order valence-corrected chi connectivity index (χ1v) is 25.5. The summed E-state index contributed by atoms with van der Waals surface area (Å²) in [5.74, 6) is -72.6. The number of aliphatic imine (C=N–C) groups is 3. The van der Waals surface area contributed by atoms with Crippen molar-refractivity contribution in [3.05, 3.63) is 260 Å². The zero-order chi connectivity index (χ0) is 64.8. The summed E-state index contributed by atoms with van der Waals surface area (Å²) < 4.78 is 402. The van der Waals surface area contributed by atoms with Crippen molar-refractivity contribution in [2.75, 3.05) is 6.54 Å². The molecule has 8 heterocycles. The minimum Gasteiger partial charge on any atom is -0.354 e. The number of fused-ring (bicyclic) bond motifs is 5. The van der Waals surface area contributed by atoms with Crippen LogP contribution < -0.4 is 16.0 Å². The van der Waals surface area contributed by atoms with Crippen molar-refractivity contribution in [1.82, 2.24) is 15.2 Å². The molecule has 9 aliphatic rings. The van der Waals surface area contributed by atoms with Crippen LogP contribution in [0.5, 0.6) is 0 Å².